The maximum atomic E-state index is 13.1. The number of rotatable bonds is 4. The Morgan fingerprint density at radius 1 is 1.50 bits per heavy atom. The first-order valence-corrected chi connectivity index (χ1v) is 6.10. The minimum absolute atomic E-state index is 0.0780. The highest BCUT2D eigenvalue weighted by atomic mass is 19.1. The van der Waals surface area contributed by atoms with Crippen LogP contribution in [0.2, 0.25) is 0 Å². The van der Waals surface area contributed by atoms with Gasteiger partial charge in [-0.25, -0.2) is 0 Å². The molecule has 20 heavy (non-hydrogen) atoms. The van der Waals surface area contributed by atoms with Crippen molar-refractivity contribution < 1.29 is 14.1 Å². The molecule has 1 rings (SSSR count). The smallest absolute Gasteiger partial charge is 0.306 e. The third-order valence-electron chi connectivity index (χ3n) is 2.94. The van der Waals surface area contributed by atoms with E-state index < -0.39 is 16.4 Å². The van der Waals surface area contributed by atoms with Crippen LogP contribution in [0, 0.1) is 21.3 Å². The maximum Gasteiger partial charge on any atom is 0.306 e. The number of carbonyl (C=O) groups is 1. The number of hydrogen-bond acceptors (Lipinski definition) is 4. The predicted octanol–water partition coefficient (Wildman–Crippen LogP) is 2.44. The molecule has 0 aliphatic carbocycles. The van der Waals surface area contributed by atoms with Gasteiger partial charge in [0.1, 0.15) is 0 Å². The van der Waals surface area contributed by atoms with Crippen LogP contribution in [0.1, 0.15) is 27.2 Å². The number of halogens is 1. The Bertz CT molecular complexity index is 526. The normalized spacial score (nSPS) is 12.8. The van der Waals surface area contributed by atoms with Crippen LogP contribution in [0.5, 0.6) is 0 Å². The van der Waals surface area contributed by atoms with Crippen molar-refractivity contribution in [1.82, 2.24) is 0 Å². The SMILES string of the molecule is CC(C)(C)C(N)CC(=O)Nc1ccc(F)c([N+](=O)[O-])c1. The largest absolute Gasteiger partial charge is 0.327 e. The van der Waals surface area contributed by atoms with E-state index in [4.69, 9.17) is 5.73 Å². The molecule has 0 saturated carbocycles. The Morgan fingerprint density at radius 2 is 2.10 bits per heavy atom. The van der Waals surface area contributed by atoms with Crippen LogP contribution in [0.25, 0.3) is 0 Å². The third-order valence-corrected chi connectivity index (χ3v) is 2.94. The Hall–Kier alpha value is -2.02. The van der Waals surface area contributed by atoms with Gasteiger partial charge in [-0.1, -0.05) is 20.8 Å². The van der Waals surface area contributed by atoms with E-state index in [0.717, 1.165) is 12.1 Å². The molecule has 7 heteroatoms. The van der Waals surface area contributed by atoms with Crippen molar-refractivity contribution in [2.75, 3.05) is 5.32 Å². The molecule has 0 fully saturated rings. The van der Waals surface area contributed by atoms with Gasteiger partial charge in [-0.15, -0.1) is 0 Å². The molecule has 0 saturated heterocycles. The van der Waals surface area contributed by atoms with Gasteiger partial charge in [0, 0.05) is 24.2 Å². The van der Waals surface area contributed by atoms with Gasteiger partial charge in [-0.05, 0) is 17.5 Å². The van der Waals surface area contributed by atoms with Crippen molar-refractivity contribution in [1.29, 1.82) is 0 Å². The lowest BCUT2D eigenvalue weighted by Crippen LogP contribution is -2.38. The molecule has 0 aromatic heterocycles. The second-order valence-corrected chi connectivity index (χ2v) is 5.65. The van der Waals surface area contributed by atoms with Gasteiger partial charge in [-0.3, -0.25) is 14.9 Å². The van der Waals surface area contributed by atoms with E-state index in [0.29, 0.717) is 0 Å². The van der Waals surface area contributed by atoms with Gasteiger partial charge in [0.2, 0.25) is 11.7 Å². The van der Waals surface area contributed by atoms with Crippen molar-refractivity contribution in [3.63, 3.8) is 0 Å². The summed E-state index contributed by atoms with van der Waals surface area (Å²) in [6.45, 7) is 5.73. The summed E-state index contributed by atoms with van der Waals surface area (Å²) in [5, 5.41) is 13.1. The van der Waals surface area contributed by atoms with E-state index in [2.05, 4.69) is 5.32 Å². The molecule has 0 heterocycles. The summed E-state index contributed by atoms with van der Waals surface area (Å²) in [7, 11) is 0. The molecule has 110 valence electrons. The summed E-state index contributed by atoms with van der Waals surface area (Å²) in [4.78, 5) is 21.5. The van der Waals surface area contributed by atoms with E-state index in [1.807, 2.05) is 20.8 Å². The van der Waals surface area contributed by atoms with Crippen LogP contribution >= 0.6 is 0 Å². The molecule has 0 aliphatic rings. The van der Waals surface area contributed by atoms with Crippen molar-refractivity contribution in [3.05, 3.63) is 34.1 Å². The zero-order valence-corrected chi connectivity index (χ0v) is 11.6. The van der Waals surface area contributed by atoms with Gasteiger partial charge < -0.3 is 11.1 Å². The molecule has 1 aromatic rings. The fraction of sp³-hybridized carbons (Fsp3) is 0.462. The minimum atomic E-state index is -0.945. The monoisotopic (exact) mass is 283 g/mol. The van der Waals surface area contributed by atoms with E-state index in [-0.39, 0.29) is 29.5 Å². The summed E-state index contributed by atoms with van der Waals surface area (Å²) in [5.74, 6) is -1.31. The highest BCUT2D eigenvalue weighted by Gasteiger charge is 2.23. The number of amides is 1. The van der Waals surface area contributed by atoms with Crippen LogP contribution in [-0.4, -0.2) is 16.9 Å². The molecular weight excluding hydrogens is 265 g/mol. The van der Waals surface area contributed by atoms with E-state index in [9.17, 15) is 19.3 Å². The lowest BCUT2D eigenvalue weighted by molar-refractivity contribution is -0.387. The second-order valence-electron chi connectivity index (χ2n) is 5.65. The molecule has 3 N–H and O–H groups in total. The van der Waals surface area contributed by atoms with E-state index >= 15 is 0 Å². The summed E-state index contributed by atoms with van der Waals surface area (Å²) in [6.07, 6.45) is 0.0780. The number of hydrogen-bond donors (Lipinski definition) is 2. The molecule has 1 aromatic carbocycles. The standard InChI is InChI=1S/C13H18FN3O3/c1-13(2,3)11(15)7-12(18)16-8-4-5-9(14)10(6-8)17(19)20/h4-6,11H,7,15H2,1-3H3,(H,16,18). The highest BCUT2D eigenvalue weighted by molar-refractivity contribution is 5.91. The topological polar surface area (TPSA) is 98.3 Å². The van der Waals surface area contributed by atoms with Gasteiger partial charge in [0.15, 0.2) is 0 Å². The summed E-state index contributed by atoms with van der Waals surface area (Å²) in [5.41, 5.74) is 5.14. The number of nitro groups is 1. The fourth-order valence-electron chi connectivity index (χ4n) is 1.45. The highest BCUT2D eigenvalue weighted by Crippen LogP contribution is 2.23. The van der Waals surface area contributed by atoms with Crippen molar-refractivity contribution in [3.8, 4) is 0 Å². The number of anilines is 1. The number of nitrogens with two attached hydrogens (primary N) is 1. The van der Waals surface area contributed by atoms with Crippen LogP contribution in [0.15, 0.2) is 18.2 Å². The first-order valence-electron chi connectivity index (χ1n) is 6.10. The van der Waals surface area contributed by atoms with Crippen LogP contribution in [0.3, 0.4) is 0 Å². The lowest BCUT2D eigenvalue weighted by Gasteiger charge is -2.26. The van der Waals surface area contributed by atoms with Crippen molar-refractivity contribution in [2.24, 2.45) is 11.1 Å². The molecule has 1 atom stereocenters. The molecule has 0 radical (unpaired) electrons. The second kappa shape index (κ2) is 5.96. The molecule has 0 bridgehead atoms. The maximum absolute atomic E-state index is 13.1. The van der Waals surface area contributed by atoms with Gasteiger partial charge in [0.05, 0.1) is 4.92 Å². The third kappa shape index (κ3) is 4.27. The van der Waals surface area contributed by atoms with E-state index in [1.54, 1.807) is 0 Å². The average molecular weight is 283 g/mol. The Labute approximate surface area is 116 Å². The molecule has 1 unspecified atom stereocenters. The summed E-state index contributed by atoms with van der Waals surface area (Å²) >= 11 is 0. The molecule has 0 aliphatic heterocycles. The van der Waals surface area contributed by atoms with Gasteiger partial charge in [0.25, 0.3) is 0 Å². The Kier molecular flexibility index (Phi) is 4.78. The zero-order valence-electron chi connectivity index (χ0n) is 11.6. The van der Waals surface area contributed by atoms with Crippen LogP contribution in [-0.2, 0) is 4.79 Å². The van der Waals surface area contributed by atoms with Crippen molar-refractivity contribution >= 4 is 17.3 Å². The Balaban J connectivity index is 2.77. The summed E-state index contributed by atoms with van der Waals surface area (Å²) in [6, 6.07) is 2.84. The zero-order chi connectivity index (χ0) is 15.5. The predicted molar refractivity (Wildman–Crippen MR) is 73.7 cm³/mol. The minimum Gasteiger partial charge on any atom is -0.327 e. The fourth-order valence-corrected chi connectivity index (χ4v) is 1.45. The quantitative estimate of drug-likeness (QED) is 0.655. The van der Waals surface area contributed by atoms with Gasteiger partial charge >= 0.3 is 5.69 Å². The first-order chi connectivity index (χ1) is 9.11. The summed E-state index contributed by atoms with van der Waals surface area (Å²) < 4.78 is 13.1. The number of nitro benzene ring substituents is 1. The average Bonchev–Trinajstić information content (AvgIpc) is 2.29. The molecule has 0 spiro atoms. The van der Waals surface area contributed by atoms with E-state index in [1.165, 1.54) is 6.07 Å². The molecule has 1 amide bonds. The number of benzene rings is 1. The number of nitrogens with zero attached hydrogens (tertiary/aromatic N) is 1. The van der Waals surface area contributed by atoms with Gasteiger partial charge in [-0.2, -0.15) is 4.39 Å². The molecule has 6 nitrogen and oxygen atoms in total. The number of carbonyl (C=O) groups excluding carboxylic acids is 1. The van der Waals surface area contributed by atoms with Crippen LogP contribution in [0.4, 0.5) is 15.8 Å². The number of nitrogens with one attached hydrogen (secondary N) is 1. The molecular formula is C13H18FN3O3. The van der Waals surface area contributed by atoms with Crippen molar-refractivity contribution in [2.45, 2.75) is 33.2 Å². The van der Waals surface area contributed by atoms with Crippen LogP contribution < -0.4 is 11.1 Å². The lowest BCUT2D eigenvalue weighted by atomic mass is 9.85. The Morgan fingerprint density at radius 3 is 2.60 bits per heavy atom. The first kappa shape index (κ1) is 16.0.